The molecule has 0 aliphatic rings. The summed E-state index contributed by atoms with van der Waals surface area (Å²) in [5, 5.41) is 8.80. The average Bonchev–Trinajstić information content (AvgIpc) is 2.69. The first-order valence-corrected chi connectivity index (χ1v) is 10.4. The van der Waals surface area contributed by atoms with E-state index in [1.54, 1.807) is 0 Å². The standard InChI is InChI=1S/C23H34N2O/c1-3-5-7-8-9-10-12-21-15-18-23(25-24-21)20-13-16-22(17-14-20)26-19-11-6-4-2/h13-18H,3-12,19H2,1-2H3. The number of aryl methyl sites for hydroxylation is 1. The number of unbranched alkanes of at least 4 members (excludes halogenated alkanes) is 7. The van der Waals surface area contributed by atoms with Gasteiger partial charge >= 0.3 is 0 Å². The second kappa shape index (κ2) is 12.5. The van der Waals surface area contributed by atoms with Crippen LogP contribution in [0.5, 0.6) is 5.75 Å². The lowest BCUT2D eigenvalue weighted by molar-refractivity contribution is 0.306. The normalized spacial score (nSPS) is 10.8. The molecule has 1 aromatic heterocycles. The molecule has 3 heteroatoms. The van der Waals surface area contributed by atoms with Gasteiger partial charge in [0.1, 0.15) is 5.75 Å². The second-order valence-electron chi connectivity index (χ2n) is 7.01. The van der Waals surface area contributed by atoms with E-state index in [2.05, 4.69) is 48.3 Å². The van der Waals surface area contributed by atoms with Crippen LogP contribution >= 0.6 is 0 Å². The molecule has 2 rings (SSSR count). The van der Waals surface area contributed by atoms with Crippen LogP contribution in [0.1, 0.15) is 77.3 Å². The Kier molecular flexibility index (Phi) is 9.78. The highest BCUT2D eigenvalue weighted by Crippen LogP contribution is 2.21. The second-order valence-corrected chi connectivity index (χ2v) is 7.01. The molecule has 1 heterocycles. The van der Waals surface area contributed by atoms with Crippen LogP contribution in [0.2, 0.25) is 0 Å². The topological polar surface area (TPSA) is 35.0 Å². The third-order valence-electron chi connectivity index (χ3n) is 4.67. The Labute approximate surface area is 159 Å². The van der Waals surface area contributed by atoms with Crippen molar-refractivity contribution in [3.8, 4) is 17.0 Å². The summed E-state index contributed by atoms with van der Waals surface area (Å²) in [6.07, 6.45) is 12.5. The van der Waals surface area contributed by atoms with Crippen LogP contribution in [-0.4, -0.2) is 16.8 Å². The lowest BCUT2D eigenvalue weighted by Crippen LogP contribution is -1.97. The van der Waals surface area contributed by atoms with Gasteiger partial charge in [-0.15, -0.1) is 0 Å². The van der Waals surface area contributed by atoms with Gasteiger partial charge in [-0.25, -0.2) is 0 Å². The van der Waals surface area contributed by atoms with E-state index < -0.39 is 0 Å². The molecule has 0 aliphatic heterocycles. The number of ether oxygens (including phenoxy) is 1. The number of aromatic nitrogens is 2. The minimum atomic E-state index is 0.792. The summed E-state index contributed by atoms with van der Waals surface area (Å²) in [5.41, 5.74) is 3.11. The van der Waals surface area contributed by atoms with Crippen molar-refractivity contribution in [1.82, 2.24) is 10.2 Å². The highest BCUT2D eigenvalue weighted by Gasteiger charge is 2.03. The third kappa shape index (κ3) is 7.55. The van der Waals surface area contributed by atoms with Crippen molar-refractivity contribution in [2.24, 2.45) is 0 Å². The van der Waals surface area contributed by atoms with Crippen LogP contribution in [-0.2, 0) is 6.42 Å². The molecule has 0 bridgehead atoms. The van der Waals surface area contributed by atoms with E-state index in [1.807, 2.05) is 12.1 Å². The van der Waals surface area contributed by atoms with Gasteiger partial charge in [0, 0.05) is 5.56 Å². The molecule has 0 N–H and O–H groups in total. The maximum absolute atomic E-state index is 5.76. The highest BCUT2D eigenvalue weighted by molar-refractivity contribution is 5.59. The first kappa shape index (κ1) is 20.4. The van der Waals surface area contributed by atoms with Crippen molar-refractivity contribution in [1.29, 1.82) is 0 Å². The van der Waals surface area contributed by atoms with Gasteiger partial charge in [0.15, 0.2) is 0 Å². The Morgan fingerprint density at radius 1 is 0.692 bits per heavy atom. The molecule has 0 unspecified atom stereocenters. The molecule has 0 atom stereocenters. The van der Waals surface area contributed by atoms with Crippen LogP contribution in [0.25, 0.3) is 11.3 Å². The molecule has 0 saturated carbocycles. The van der Waals surface area contributed by atoms with Crippen LogP contribution in [0, 0.1) is 0 Å². The van der Waals surface area contributed by atoms with Crippen molar-refractivity contribution < 1.29 is 4.74 Å². The van der Waals surface area contributed by atoms with E-state index in [-0.39, 0.29) is 0 Å². The largest absolute Gasteiger partial charge is 0.494 e. The molecule has 142 valence electrons. The molecular weight excluding hydrogens is 320 g/mol. The van der Waals surface area contributed by atoms with Crippen molar-refractivity contribution in [2.75, 3.05) is 6.61 Å². The Hall–Kier alpha value is -1.90. The molecule has 0 saturated heterocycles. The smallest absolute Gasteiger partial charge is 0.119 e. The molecule has 26 heavy (non-hydrogen) atoms. The van der Waals surface area contributed by atoms with Crippen LogP contribution in [0.15, 0.2) is 36.4 Å². The number of hydrogen-bond acceptors (Lipinski definition) is 3. The molecule has 2 aromatic rings. The van der Waals surface area contributed by atoms with Gasteiger partial charge < -0.3 is 4.74 Å². The quantitative estimate of drug-likeness (QED) is 0.379. The lowest BCUT2D eigenvalue weighted by atomic mass is 10.1. The highest BCUT2D eigenvalue weighted by atomic mass is 16.5. The van der Waals surface area contributed by atoms with Gasteiger partial charge in [-0.3, -0.25) is 0 Å². The first-order valence-electron chi connectivity index (χ1n) is 10.4. The molecule has 0 aliphatic carbocycles. The zero-order chi connectivity index (χ0) is 18.5. The Morgan fingerprint density at radius 2 is 1.38 bits per heavy atom. The fourth-order valence-electron chi connectivity index (χ4n) is 3.00. The summed E-state index contributed by atoms with van der Waals surface area (Å²) < 4.78 is 5.76. The molecule has 0 spiro atoms. The van der Waals surface area contributed by atoms with Gasteiger partial charge in [0.05, 0.1) is 18.0 Å². The number of rotatable bonds is 13. The molecule has 0 radical (unpaired) electrons. The summed E-state index contributed by atoms with van der Waals surface area (Å²) >= 11 is 0. The average molecular weight is 355 g/mol. The van der Waals surface area contributed by atoms with E-state index >= 15 is 0 Å². The number of benzene rings is 1. The van der Waals surface area contributed by atoms with Gasteiger partial charge in [-0.1, -0.05) is 58.8 Å². The molecule has 3 nitrogen and oxygen atoms in total. The summed E-state index contributed by atoms with van der Waals surface area (Å²) in [7, 11) is 0. The first-order chi connectivity index (χ1) is 12.8. The molecule has 1 aromatic carbocycles. The summed E-state index contributed by atoms with van der Waals surface area (Å²) in [6, 6.07) is 12.4. The monoisotopic (exact) mass is 354 g/mol. The van der Waals surface area contributed by atoms with Crippen molar-refractivity contribution in [2.45, 2.75) is 78.1 Å². The maximum Gasteiger partial charge on any atom is 0.119 e. The zero-order valence-corrected chi connectivity index (χ0v) is 16.5. The Balaban J connectivity index is 1.76. The van der Waals surface area contributed by atoms with E-state index in [9.17, 15) is 0 Å². The Bertz CT molecular complexity index is 593. The fourth-order valence-corrected chi connectivity index (χ4v) is 3.00. The van der Waals surface area contributed by atoms with Crippen molar-refractivity contribution in [3.05, 3.63) is 42.1 Å². The van der Waals surface area contributed by atoms with Crippen molar-refractivity contribution >= 4 is 0 Å². The number of hydrogen-bond donors (Lipinski definition) is 0. The lowest BCUT2D eigenvalue weighted by Gasteiger charge is -2.07. The minimum Gasteiger partial charge on any atom is -0.494 e. The fraction of sp³-hybridized carbons (Fsp3) is 0.565. The summed E-state index contributed by atoms with van der Waals surface area (Å²) in [5.74, 6) is 0.928. The van der Waals surface area contributed by atoms with Gasteiger partial charge in [-0.05, 0) is 55.7 Å². The van der Waals surface area contributed by atoms with Gasteiger partial charge in [0.25, 0.3) is 0 Å². The van der Waals surface area contributed by atoms with Crippen LogP contribution in [0.3, 0.4) is 0 Å². The van der Waals surface area contributed by atoms with Crippen LogP contribution < -0.4 is 4.74 Å². The molecule has 0 fully saturated rings. The molecule has 0 amide bonds. The van der Waals surface area contributed by atoms with E-state index in [0.29, 0.717) is 0 Å². The number of nitrogens with zero attached hydrogens (tertiary/aromatic N) is 2. The van der Waals surface area contributed by atoms with Gasteiger partial charge in [0.2, 0.25) is 0 Å². The predicted molar refractivity (Wildman–Crippen MR) is 110 cm³/mol. The predicted octanol–water partition coefficient (Wildman–Crippen LogP) is 6.62. The third-order valence-corrected chi connectivity index (χ3v) is 4.67. The van der Waals surface area contributed by atoms with E-state index in [4.69, 9.17) is 4.74 Å². The molecular formula is C23H34N2O. The SMILES string of the molecule is CCCCCCCCc1ccc(-c2ccc(OCCCCC)cc2)nn1. The van der Waals surface area contributed by atoms with E-state index in [0.717, 1.165) is 42.1 Å². The maximum atomic E-state index is 5.76. The van der Waals surface area contributed by atoms with Crippen LogP contribution in [0.4, 0.5) is 0 Å². The zero-order valence-electron chi connectivity index (χ0n) is 16.5. The Morgan fingerprint density at radius 3 is 2.08 bits per heavy atom. The summed E-state index contributed by atoms with van der Waals surface area (Å²) in [6.45, 7) is 5.25. The van der Waals surface area contributed by atoms with Gasteiger partial charge in [-0.2, -0.15) is 10.2 Å². The van der Waals surface area contributed by atoms with Crippen molar-refractivity contribution in [3.63, 3.8) is 0 Å². The van der Waals surface area contributed by atoms with E-state index in [1.165, 1.54) is 51.4 Å². The minimum absolute atomic E-state index is 0.792. The summed E-state index contributed by atoms with van der Waals surface area (Å²) in [4.78, 5) is 0.